The summed E-state index contributed by atoms with van der Waals surface area (Å²) in [5.74, 6) is -1.66. The molecule has 2 amide bonds. The van der Waals surface area contributed by atoms with Crippen molar-refractivity contribution in [3.05, 3.63) is 42.0 Å². The van der Waals surface area contributed by atoms with Crippen LogP contribution in [0.3, 0.4) is 0 Å². The number of nitrogens with one attached hydrogen (secondary N) is 2. The Balaban J connectivity index is 2.26. The van der Waals surface area contributed by atoms with Gasteiger partial charge in [-0.2, -0.15) is 0 Å². The minimum absolute atomic E-state index is 0.0696. The lowest BCUT2D eigenvalue weighted by Gasteiger charge is -2.27. The third kappa shape index (κ3) is 7.28. The Morgan fingerprint density at radius 3 is 2.31 bits per heavy atom. The summed E-state index contributed by atoms with van der Waals surface area (Å²) in [5.41, 5.74) is 0.529. The van der Waals surface area contributed by atoms with Crippen molar-refractivity contribution in [2.24, 2.45) is 16.8 Å². The van der Waals surface area contributed by atoms with Crippen LogP contribution >= 0.6 is 0 Å². The van der Waals surface area contributed by atoms with E-state index in [1.54, 1.807) is 19.9 Å². The Morgan fingerprint density at radius 1 is 1.00 bits per heavy atom. The molecule has 2 aromatic carbocycles. The van der Waals surface area contributed by atoms with Gasteiger partial charge in [0.1, 0.15) is 23.9 Å². The highest BCUT2D eigenvalue weighted by Gasteiger charge is 2.31. The Bertz CT molecular complexity index is 1070. The highest BCUT2D eigenvalue weighted by atomic mass is 16.5. The summed E-state index contributed by atoms with van der Waals surface area (Å²) in [4.78, 5) is 42.7. The van der Waals surface area contributed by atoms with Gasteiger partial charge >= 0.3 is 5.97 Å². The van der Waals surface area contributed by atoms with Gasteiger partial charge in [-0.05, 0) is 42.5 Å². The standard InChI is InChI=1S/C27H37N3O5/c1-7-17(5)24(26(33)29-18(6)27(34)35-8-2)30-25(32)23(16(3)4)28-15-21-20-12-10-9-11-19(20)13-14-22(21)31/h9-18,23-24,31H,7-8H2,1-6H3,(H,29,33)(H,30,32). The molecular weight excluding hydrogens is 446 g/mol. The first kappa shape index (κ1) is 27.8. The molecular formula is C27H37N3O5. The minimum Gasteiger partial charge on any atom is -0.507 e. The third-order valence-electron chi connectivity index (χ3n) is 6.00. The fourth-order valence-electron chi connectivity index (χ4n) is 3.69. The normalized spacial score (nSPS) is 14.9. The fourth-order valence-corrected chi connectivity index (χ4v) is 3.69. The number of phenols is 1. The summed E-state index contributed by atoms with van der Waals surface area (Å²) in [6.45, 7) is 11.0. The number of benzene rings is 2. The molecule has 2 rings (SSSR count). The molecule has 0 aliphatic rings. The quantitative estimate of drug-likeness (QED) is 0.334. The van der Waals surface area contributed by atoms with Gasteiger partial charge in [-0.15, -0.1) is 0 Å². The first-order valence-corrected chi connectivity index (χ1v) is 12.1. The fraction of sp³-hybridized carbons (Fsp3) is 0.481. The van der Waals surface area contributed by atoms with Crippen molar-refractivity contribution in [3.63, 3.8) is 0 Å². The Morgan fingerprint density at radius 2 is 1.69 bits per heavy atom. The molecule has 0 aliphatic heterocycles. The van der Waals surface area contributed by atoms with Crippen LogP contribution in [-0.4, -0.2) is 53.8 Å². The van der Waals surface area contributed by atoms with E-state index in [1.165, 1.54) is 6.21 Å². The van der Waals surface area contributed by atoms with E-state index in [9.17, 15) is 19.5 Å². The van der Waals surface area contributed by atoms with Gasteiger partial charge in [-0.25, -0.2) is 4.79 Å². The van der Waals surface area contributed by atoms with Crippen LogP contribution < -0.4 is 10.6 Å². The predicted octanol–water partition coefficient (Wildman–Crippen LogP) is 3.59. The van der Waals surface area contributed by atoms with Gasteiger partial charge in [0.25, 0.3) is 0 Å². The maximum absolute atomic E-state index is 13.3. The molecule has 8 heteroatoms. The molecule has 0 saturated heterocycles. The Labute approximate surface area is 207 Å². The second-order valence-corrected chi connectivity index (χ2v) is 9.04. The molecule has 4 atom stereocenters. The number of nitrogens with zero attached hydrogens (tertiary/aromatic N) is 1. The van der Waals surface area contributed by atoms with E-state index in [4.69, 9.17) is 4.74 Å². The smallest absolute Gasteiger partial charge is 0.328 e. The second kappa shape index (κ2) is 12.9. The average Bonchev–Trinajstić information content (AvgIpc) is 2.83. The van der Waals surface area contributed by atoms with E-state index in [1.807, 2.05) is 58.0 Å². The summed E-state index contributed by atoms with van der Waals surface area (Å²) in [7, 11) is 0. The number of carbonyl (C=O) groups is 3. The molecule has 3 N–H and O–H groups in total. The number of aromatic hydroxyl groups is 1. The van der Waals surface area contributed by atoms with Crippen molar-refractivity contribution >= 4 is 34.8 Å². The van der Waals surface area contributed by atoms with Gasteiger partial charge in [-0.1, -0.05) is 64.4 Å². The molecule has 8 nitrogen and oxygen atoms in total. The van der Waals surface area contributed by atoms with Gasteiger partial charge in [0.15, 0.2) is 0 Å². The Kier molecular flexibility index (Phi) is 10.2. The lowest BCUT2D eigenvalue weighted by Crippen LogP contribution is -2.55. The maximum Gasteiger partial charge on any atom is 0.328 e. The molecule has 2 aromatic rings. The Hall–Kier alpha value is -3.42. The highest BCUT2D eigenvalue weighted by molar-refractivity contribution is 6.03. The summed E-state index contributed by atoms with van der Waals surface area (Å²) >= 11 is 0. The molecule has 0 spiro atoms. The van der Waals surface area contributed by atoms with E-state index >= 15 is 0 Å². The van der Waals surface area contributed by atoms with E-state index in [-0.39, 0.29) is 24.2 Å². The molecule has 0 radical (unpaired) electrons. The number of fused-ring (bicyclic) bond motifs is 1. The van der Waals surface area contributed by atoms with Crippen molar-refractivity contribution in [3.8, 4) is 5.75 Å². The molecule has 4 unspecified atom stereocenters. The molecule has 0 aliphatic carbocycles. The predicted molar refractivity (Wildman–Crippen MR) is 137 cm³/mol. The van der Waals surface area contributed by atoms with Gasteiger partial charge in [-0.3, -0.25) is 14.6 Å². The zero-order valence-corrected chi connectivity index (χ0v) is 21.4. The lowest BCUT2D eigenvalue weighted by molar-refractivity contribution is -0.147. The first-order valence-electron chi connectivity index (χ1n) is 12.1. The van der Waals surface area contributed by atoms with E-state index in [0.29, 0.717) is 12.0 Å². The largest absolute Gasteiger partial charge is 0.507 e. The number of rotatable bonds is 11. The van der Waals surface area contributed by atoms with Crippen LogP contribution in [0.25, 0.3) is 10.8 Å². The van der Waals surface area contributed by atoms with Gasteiger partial charge in [0, 0.05) is 11.8 Å². The molecule has 0 fully saturated rings. The topological polar surface area (TPSA) is 117 Å². The number of aliphatic imine (C=N–C) groups is 1. The van der Waals surface area contributed by atoms with Crippen LogP contribution in [0.4, 0.5) is 0 Å². The molecule has 0 saturated carbocycles. The number of carbonyl (C=O) groups excluding carboxylic acids is 3. The van der Waals surface area contributed by atoms with Gasteiger partial charge in [0.2, 0.25) is 11.8 Å². The minimum atomic E-state index is -0.841. The van der Waals surface area contributed by atoms with Crippen LogP contribution in [0, 0.1) is 11.8 Å². The van der Waals surface area contributed by atoms with Crippen LogP contribution in [0.2, 0.25) is 0 Å². The number of ether oxygens (including phenoxy) is 1. The number of hydrogen-bond acceptors (Lipinski definition) is 6. The molecule has 35 heavy (non-hydrogen) atoms. The zero-order chi connectivity index (χ0) is 26.1. The average molecular weight is 484 g/mol. The number of hydrogen-bond donors (Lipinski definition) is 3. The maximum atomic E-state index is 13.3. The van der Waals surface area contributed by atoms with Crippen LogP contribution in [0.1, 0.15) is 53.5 Å². The van der Waals surface area contributed by atoms with Crippen molar-refractivity contribution in [2.45, 2.75) is 66.1 Å². The van der Waals surface area contributed by atoms with E-state index in [2.05, 4.69) is 15.6 Å². The lowest BCUT2D eigenvalue weighted by atomic mass is 9.96. The van der Waals surface area contributed by atoms with E-state index < -0.39 is 35.9 Å². The van der Waals surface area contributed by atoms with Crippen LogP contribution in [0.15, 0.2) is 41.4 Å². The van der Waals surface area contributed by atoms with Crippen LogP contribution in [-0.2, 0) is 19.1 Å². The number of esters is 1. The second-order valence-electron chi connectivity index (χ2n) is 9.04. The van der Waals surface area contributed by atoms with Gasteiger partial charge < -0.3 is 20.5 Å². The number of amides is 2. The van der Waals surface area contributed by atoms with Crippen molar-refractivity contribution in [1.29, 1.82) is 0 Å². The molecule has 0 bridgehead atoms. The summed E-state index contributed by atoms with van der Waals surface area (Å²) in [6.07, 6.45) is 2.16. The van der Waals surface area contributed by atoms with Crippen molar-refractivity contribution < 1.29 is 24.2 Å². The first-order chi connectivity index (χ1) is 16.6. The van der Waals surface area contributed by atoms with Crippen LogP contribution in [0.5, 0.6) is 5.75 Å². The molecule has 0 aromatic heterocycles. The van der Waals surface area contributed by atoms with Crippen molar-refractivity contribution in [2.75, 3.05) is 6.61 Å². The van der Waals surface area contributed by atoms with Crippen molar-refractivity contribution in [1.82, 2.24) is 10.6 Å². The van der Waals surface area contributed by atoms with Gasteiger partial charge in [0.05, 0.1) is 6.61 Å². The highest BCUT2D eigenvalue weighted by Crippen LogP contribution is 2.26. The summed E-state index contributed by atoms with van der Waals surface area (Å²) in [5, 5.41) is 17.6. The summed E-state index contributed by atoms with van der Waals surface area (Å²) < 4.78 is 4.96. The zero-order valence-electron chi connectivity index (χ0n) is 21.4. The molecule has 0 heterocycles. The summed E-state index contributed by atoms with van der Waals surface area (Å²) in [6, 6.07) is 8.57. The molecule has 190 valence electrons. The van der Waals surface area contributed by atoms with E-state index in [0.717, 1.165) is 10.8 Å². The third-order valence-corrected chi connectivity index (χ3v) is 6.00. The SMILES string of the molecule is CCOC(=O)C(C)NC(=O)C(NC(=O)C(N=Cc1c(O)ccc2ccccc12)C(C)C)C(C)CC. The number of phenolic OH excluding ortho intramolecular Hbond substituents is 1. The monoisotopic (exact) mass is 483 g/mol.